The van der Waals surface area contributed by atoms with Crippen molar-refractivity contribution in [1.82, 2.24) is 20.0 Å². The van der Waals surface area contributed by atoms with E-state index in [0.29, 0.717) is 25.3 Å². The predicted octanol–water partition coefficient (Wildman–Crippen LogP) is 0.721. The number of benzene rings is 2. The maximum absolute atomic E-state index is 12.5. The molecule has 164 valence electrons. The maximum Gasteiger partial charge on any atom is 0.255 e. The first kappa shape index (κ1) is 21.6. The minimum absolute atomic E-state index is 0.0107. The van der Waals surface area contributed by atoms with E-state index in [1.165, 1.54) is 4.90 Å². The SMILES string of the molecule is Cc1ccccc1Cn1c#cc(CNC(=O)[C@H](O)[C@@H](O)C(=O)N2Cc3ccccc3C2)n1. The fourth-order valence-corrected chi connectivity index (χ4v) is 3.66. The van der Waals surface area contributed by atoms with Crippen LogP contribution in [0.25, 0.3) is 0 Å². The van der Waals surface area contributed by atoms with Gasteiger partial charge in [-0.05, 0) is 35.2 Å². The number of rotatable bonds is 7. The number of carbonyl (C=O) groups excluding carboxylic acids is 2. The van der Waals surface area contributed by atoms with Crippen LogP contribution in [0.4, 0.5) is 0 Å². The van der Waals surface area contributed by atoms with Crippen LogP contribution in [-0.4, -0.2) is 48.9 Å². The van der Waals surface area contributed by atoms with E-state index in [2.05, 4.69) is 22.7 Å². The summed E-state index contributed by atoms with van der Waals surface area (Å²) in [5, 5.41) is 27.2. The second-order valence-corrected chi connectivity index (χ2v) is 7.84. The van der Waals surface area contributed by atoms with Crippen LogP contribution >= 0.6 is 0 Å². The highest BCUT2D eigenvalue weighted by Crippen LogP contribution is 2.23. The van der Waals surface area contributed by atoms with E-state index >= 15 is 0 Å². The number of aliphatic hydroxyl groups excluding tert-OH is 2. The van der Waals surface area contributed by atoms with Crippen LogP contribution in [0.5, 0.6) is 0 Å². The van der Waals surface area contributed by atoms with E-state index in [0.717, 1.165) is 22.3 Å². The second-order valence-electron chi connectivity index (χ2n) is 7.84. The molecule has 2 heterocycles. The lowest BCUT2D eigenvalue weighted by Crippen LogP contribution is -2.49. The molecule has 2 atom stereocenters. The largest absolute Gasteiger partial charge is 0.380 e. The van der Waals surface area contributed by atoms with Crippen LogP contribution in [0.3, 0.4) is 0 Å². The first-order chi connectivity index (χ1) is 15.4. The Bertz CT molecular complexity index is 1100. The molecule has 2 aromatic carbocycles. The van der Waals surface area contributed by atoms with Gasteiger partial charge in [-0.25, -0.2) is 4.68 Å². The summed E-state index contributed by atoms with van der Waals surface area (Å²) in [4.78, 5) is 26.3. The summed E-state index contributed by atoms with van der Waals surface area (Å²) in [7, 11) is 0. The normalized spacial score (nSPS) is 14.4. The number of hydrogen-bond donors (Lipinski definition) is 3. The molecule has 3 aromatic rings. The fourth-order valence-electron chi connectivity index (χ4n) is 3.66. The zero-order valence-electron chi connectivity index (χ0n) is 17.7. The Morgan fingerprint density at radius 1 is 1.06 bits per heavy atom. The van der Waals surface area contributed by atoms with Crippen molar-refractivity contribution in [2.75, 3.05) is 0 Å². The number of nitrogens with one attached hydrogen (secondary N) is 1. The van der Waals surface area contributed by atoms with Gasteiger partial charge in [0.2, 0.25) is 0 Å². The van der Waals surface area contributed by atoms with Gasteiger partial charge in [0.05, 0.1) is 13.1 Å². The number of aromatic nitrogens is 2. The molecule has 1 aliphatic rings. The van der Waals surface area contributed by atoms with Gasteiger partial charge in [-0.15, -0.1) is 0 Å². The lowest BCUT2D eigenvalue weighted by atomic mass is 10.1. The summed E-state index contributed by atoms with van der Waals surface area (Å²) in [5.41, 5.74) is 4.63. The van der Waals surface area contributed by atoms with E-state index in [9.17, 15) is 19.8 Å². The predicted molar refractivity (Wildman–Crippen MR) is 115 cm³/mol. The van der Waals surface area contributed by atoms with Crippen molar-refractivity contribution in [2.45, 2.75) is 45.3 Å². The average molecular weight is 432 g/mol. The minimum atomic E-state index is -1.88. The number of aryl methyl sites for hydroxylation is 1. The molecule has 0 spiro atoms. The summed E-state index contributed by atoms with van der Waals surface area (Å²) in [6.07, 6.45) is -0.856. The van der Waals surface area contributed by atoms with Crippen molar-refractivity contribution >= 4 is 11.8 Å². The van der Waals surface area contributed by atoms with Crippen LogP contribution in [-0.2, 0) is 35.8 Å². The molecule has 1 aromatic heterocycles. The monoisotopic (exact) mass is 432 g/mol. The second kappa shape index (κ2) is 9.22. The minimum Gasteiger partial charge on any atom is -0.380 e. The molecule has 0 bridgehead atoms. The summed E-state index contributed by atoms with van der Waals surface area (Å²) in [5.74, 6) is -1.55. The molecule has 0 aliphatic carbocycles. The van der Waals surface area contributed by atoms with E-state index in [-0.39, 0.29) is 6.54 Å². The van der Waals surface area contributed by atoms with Gasteiger partial charge >= 0.3 is 0 Å². The lowest BCUT2D eigenvalue weighted by molar-refractivity contribution is -0.153. The van der Waals surface area contributed by atoms with Gasteiger partial charge < -0.3 is 20.4 Å². The summed E-state index contributed by atoms with van der Waals surface area (Å²) in [6, 6.07) is 18.3. The average Bonchev–Trinajstić information content (AvgIpc) is 3.44. The van der Waals surface area contributed by atoms with Crippen molar-refractivity contribution in [1.29, 1.82) is 0 Å². The van der Waals surface area contributed by atoms with E-state index in [1.807, 2.05) is 55.5 Å². The molecule has 2 amide bonds. The van der Waals surface area contributed by atoms with Gasteiger partial charge in [0.25, 0.3) is 11.8 Å². The Balaban J connectivity index is 1.29. The molecule has 8 heteroatoms. The van der Waals surface area contributed by atoms with E-state index < -0.39 is 24.0 Å². The van der Waals surface area contributed by atoms with Crippen LogP contribution < -0.4 is 5.32 Å². The van der Waals surface area contributed by atoms with Gasteiger partial charge in [0, 0.05) is 19.3 Å². The van der Waals surface area contributed by atoms with Crippen molar-refractivity contribution in [2.24, 2.45) is 0 Å². The van der Waals surface area contributed by atoms with Crippen molar-refractivity contribution < 1.29 is 19.8 Å². The molecule has 4 rings (SSSR count). The number of nitrogens with zero attached hydrogens (tertiary/aromatic N) is 3. The number of amides is 2. The van der Waals surface area contributed by atoms with Gasteiger partial charge in [0.15, 0.2) is 12.2 Å². The smallest absolute Gasteiger partial charge is 0.255 e. The molecular formula is C24H24N4O4. The zero-order valence-corrected chi connectivity index (χ0v) is 17.7. The summed E-state index contributed by atoms with van der Waals surface area (Å²) >= 11 is 0. The van der Waals surface area contributed by atoms with Gasteiger partial charge in [-0.1, -0.05) is 48.5 Å². The standard InChI is InChI=1S/C24H24N4O4/c1-16-6-2-3-7-17(16)15-28-11-10-20(26-28)12-25-23(31)21(29)22(30)24(32)27-13-18-8-4-5-9-19(18)14-27/h2-9,21-22,29-30H,12-15H2,1H3,(H,25,31)/t21-,22-/m1/s1. The van der Waals surface area contributed by atoms with Crippen molar-refractivity contribution in [3.05, 3.63) is 88.7 Å². The van der Waals surface area contributed by atoms with Gasteiger partial charge in [-0.2, -0.15) is 5.10 Å². The molecule has 32 heavy (non-hydrogen) atoms. The number of carbonyl (C=O) groups is 2. The highest BCUT2D eigenvalue weighted by molar-refractivity contribution is 5.90. The molecule has 0 radical (unpaired) electrons. The van der Waals surface area contributed by atoms with Crippen molar-refractivity contribution in [3.8, 4) is 0 Å². The Kier molecular flexibility index (Phi) is 6.21. The quantitative estimate of drug-likeness (QED) is 0.510. The lowest BCUT2D eigenvalue weighted by Gasteiger charge is -2.22. The van der Waals surface area contributed by atoms with Crippen LogP contribution in [0.1, 0.15) is 27.9 Å². The van der Waals surface area contributed by atoms with Crippen LogP contribution in [0, 0.1) is 19.2 Å². The number of fused-ring (bicyclic) bond motifs is 1. The Labute approximate surface area is 186 Å². The first-order valence-electron chi connectivity index (χ1n) is 10.3. The Hall–Kier alpha value is -3.67. The molecule has 0 fully saturated rings. The Morgan fingerprint density at radius 3 is 2.41 bits per heavy atom. The fraction of sp³-hybridized carbons (Fsp3) is 0.292. The maximum atomic E-state index is 12.5. The highest BCUT2D eigenvalue weighted by atomic mass is 16.3. The van der Waals surface area contributed by atoms with Crippen LogP contribution in [0.15, 0.2) is 48.5 Å². The summed E-state index contributed by atoms with van der Waals surface area (Å²) < 4.78 is 1.59. The third-order valence-electron chi connectivity index (χ3n) is 5.56. The molecule has 1 aliphatic heterocycles. The molecular weight excluding hydrogens is 408 g/mol. The number of hydrogen-bond acceptors (Lipinski definition) is 5. The third-order valence-corrected chi connectivity index (χ3v) is 5.56. The topological polar surface area (TPSA) is 108 Å². The zero-order chi connectivity index (χ0) is 22.7. The molecule has 3 N–H and O–H groups in total. The Morgan fingerprint density at radius 2 is 1.72 bits per heavy atom. The van der Waals surface area contributed by atoms with Gasteiger partial charge in [0.1, 0.15) is 5.69 Å². The van der Waals surface area contributed by atoms with Gasteiger partial charge in [-0.3, -0.25) is 9.59 Å². The summed E-state index contributed by atoms with van der Waals surface area (Å²) in [6.45, 7) is 3.19. The highest BCUT2D eigenvalue weighted by Gasteiger charge is 2.35. The molecule has 0 saturated heterocycles. The van der Waals surface area contributed by atoms with E-state index in [1.54, 1.807) is 4.68 Å². The van der Waals surface area contributed by atoms with E-state index in [4.69, 9.17) is 0 Å². The molecule has 8 nitrogen and oxygen atoms in total. The molecule has 0 unspecified atom stereocenters. The first-order valence-corrected chi connectivity index (χ1v) is 10.3. The van der Waals surface area contributed by atoms with Crippen molar-refractivity contribution in [3.63, 3.8) is 0 Å². The molecule has 0 saturated carbocycles. The van der Waals surface area contributed by atoms with Crippen LogP contribution in [0.2, 0.25) is 0 Å². The third kappa shape index (κ3) is 4.64. The number of aliphatic hydroxyl groups is 2.